The Morgan fingerprint density at radius 3 is 2.61 bits per heavy atom. The summed E-state index contributed by atoms with van der Waals surface area (Å²) in [4.78, 5) is 14.3. The molecule has 0 aliphatic heterocycles. The molecule has 0 unspecified atom stereocenters. The molecule has 0 spiro atoms. The molecule has 7 nitrogen and oxygen atoms in total. The summed E-state index contributed by atoms with van der Waals surface area (Å²) in [5.41, 5.74) is 0.416. The lowest BCUT2D eigenvalue weighted by Gasteiger charge is -2.08. The van der Waals surface area contributed by atoms with E-state index in [1.807, 2.05) is 0 Å². The predicted molar refractivity (Wildman–Crippen MR) is 84.0 cm³/mol. The van der Waals surface area contributed by atoms with E-state index in [4.69, 9.17) is 16.9 Å². The highest BCUT2D eigenvalue weighted by molar-refractivity contribution is 6.32. The number of nitrogens with one attached hydrogen (secondary N) is 2. The van der Waals surface area contributed by atoms with Gasteiger partial charge in [-0.1, -0.05) is 11.6 Å². The van der Waals surface area contributed by atoms with Gasteiger partial charge in [-0.15, -0.1) is 0 Å². The molecule has 0 atom stereocenters. The molecule has 2 N–H and O–H groups in total. The standard InChI is InChI=1S/C14H9ClFN5O2/c15-12-6-5-11(7-13(12)21(22)23)20-14(18-8-17)19-10-3-1-9(16)2-4-10/h1-7H,(H2,18,19,20). The average Bonchev–Trinajstić information content (AvgIpc) is 2.51. The second-order valence-corrected chi connectivity index (χ2v) is 4.63. The fraction of sp³-hybridized carbons (Fsp3) is 0. The van der Waals surface area contributed by atoms with Gasteiger partial charge >= 0.3 is 0 Å². The third kappa shape index (κ3) is 4.39. The molecule has 23 heavy (non-hydrogen) atoms. The summed E-state index contributed by atoms with van der Waals surface area (Å²) in [6.45, 7) is 0. The SMILES string of the molecule is N#CNC(=Nc1ccc(F)cc1)Nc1ccc(Cl)c([N+](=O)[O-])c1. The van der Waals surface area contributed by atoms with Gasteiger partial charge in [0.15, 0.2) is 6.19 Å². The summed E-state index contributed by atoms with van der Waals surface area (Å²) in [5.74, 6) is -0.393. The molecular weight excluding hydrogens is 325 g/mol. The Morgan fingerprint density at radius 1 is 1.30 bits per heavy atom. The average molecular weight is 334 g/mol. The second-order valence-electron chi connectivity index (χ2n) is 4.22. The third-order valence-corrected chi connectivity index (χ3v) is 2.97. The van der Waals surface area contributed by atoms with Crippen molar-refractivity contribution in [2.75, 3.05) is 5.32 Å². The molecule has 0 aromatic heterocycles. The van der Waals surface area contributed by atoms with Crippen LogP contribution >= 0.6 is 11.6 Å². The highest BCUT2D eigenvalue weighted by Gasteiger charge is 2.13. The molecule has 0 bridgehead atoms. The largest absolute Gasteiger partial charge is 0.325 e. The first-order valence-electron chi connectivity index (χ1n) is 6.20. The van der Waals surface area contributed by atoms with E-state index in [0.29, 0.717) is 11.4 Å². The Balaban J connectivity index is 2.29. The number of rotatable bonds is 3. The second kappa shape index (κ2) is 7.20. The van der Waals surface area contributed by atoms with Gasteiger partial charge in [0.05, 0.1) is 10.6 Å². The Hall–Kier alpha value is -3.18. The van der Waals surface area contributed by atoms with Gasteiger partial charge in [-0.3, -0.25) is 15.4 Å². The van der Waals surface area contributed by atoms with Gasteiger partial charge in [0.25, 0.3) is 5.69 Å². The number of halogens is 2. The highest BCUT2D eigenvalue weighted by atomic mass is 35.5. The molecule has 0 amide bonds. The maximum atomic E-state index is 12.9. The number of nitrogens with zero attached hydrogens (tertiary/aromatic N) is 3. The van der Waals surface area contributed by atoms with E-state index < -0.39 is 10.7 Å². The molecule has 0 heterocycles. The summed E-state index contributed by atoms with van der Waals surface area (Å²) < 4.78 is 12.9. The van der Waals surface area contributed by atoms with Crippen LogP contribution in [0.1, 0.15) is 0 Å². The maximum absolute atomic E-state index is 12.9. The fourth-order valence-corrected chi connectivity index (χ4v) is 1.84. The molecule has 0 aliphatic carbocycles. The molecule has 2 rings (SSSR count). The molecule has 0 saturated heterocycles. The predicted octanol–water partition coefficient (Wildman–Crippen LogP) is 3.56. The first-order valence-corrected chi connectivity index (χ1v) is 6.57. The van der Waals surface area contributed by atoms with Crippen molar-refractivity contribution in [1.82, 2.24) is 5.32 Å². The first-order chi connectivity index (χ1) is 11.0. The number of anilines is 1. The topological polar surface area (TPSA) is 103 Å². The summed E-state index contributed by atoms with van der Waals surface area (Å²) in [5, 5.41) is 24.6. The van der Waals surface area contributed by atoms with Crippen LogP contribution in [0.15, 0.2) is 47.5 Å². The zero-order chi connectivity index (χ0) is 16.8. The zero-order valence-corrected chi connectivity index (χ0v) is 12.2. The van der Waals surface area contributed by atoms with Crippen LogP contribution in [0.4, 0.5) is 21.5 Å². The zero-order valence-electron chi connectivity index (χ0n) is 11.5. The van der Waals surface area contributed by atoms with Gasteiger partial charge in [-0.05, 0) is 36.4 Å². The van der Waals surface area contributed by atoms with Crippen molar-refractivity contribution < 1.29 is 9.31 Å². The van der Waals surface area contributed by atoms with Gasteiger partial charge in [0.2, 0.25) is 5.96 Å². The van der Waals surface area contributed by atoms with E-state index in [9.17, 15) is 14.5 Å². The van der Waals surface area contributed by atoms with E-state index in [0.717, 1.165) is 0 Å². The monoisotopic (exact) mass is 333 g/mol. The fourth-order valence-electron chi connectivity index (χ4n) is 1.65. The molecular formula is C14H9ClFN5O2. The minimum absolute atomic E-state index is 0.00850. The Bertz CT molecular complexity index is 802. The van der Waals surface area contributed by atoms with Gasteiger partial charge in [0, 0.05) is 11.8 Å². The molecule has 0 radical (unpaired) electrons. The van der Waals surface area contributed by atoms with Crippen LogP contribution in [-0.2, 0) is 0 Å². The van der Waals surface area contributed by atoms with Gasteiger partial charge < -0.3 is 5.32 Å². The number of aliphatic imine (C=N–C) groups is 1. The molecule has 0 fully saturated rings. The lowest BCUT2D eigenvalue weighted by atomic mass is 10.3. The summed E-state index contributed by atoms with van der Waals surface area (Å²) in [6, 6.07) is 9.33. The molecule has 9 heteroatoms. The van der Waals surface area contributed by atoms with Crippen molar-refractivity contribution in [3.8, 4) is 6.19 Å². The van der Waals surface area contributed by atoms with E-state index in [-0.39, 0.29) is 16.7 Å². The lowest BCUT2D eigenvalue weighted by Crippen LogP contribution is -2.26. The van der Waals surface area contributed by atoms with E-state index >= 15 is 0 Å². The number of guanidine groups is 1. The number of benzene rings is 2. The van der Waals surface area contributed by atoms with Crippen LogP contribution in [0.25, 0.3) is 0 Å². The maximum Gasteiger partial charge on any atom is 0.289 e. The van der Waals surface area contributed by atoms with Crippen molar-refractivity contribution in [3.05, 3.63) is 63.4 Å². The lowest BCUT2D eigenvalue weighted by molar-refractivity contribution is -0.384. The van der Waals surface area contributed by atoms with Gasteiger partial charge in [-0.2, -0.15) is 5.26 Å². The van der Waals surface area contributed by atoms with Crippen molar-refractivity contribution in [2.45, 2.75) is 0 Å². The molecule has 116 valence electrons. The number of nitro benzene ring substituents is 1. The Kier molecular flexibility index (Phi) is 5.07. The smallest absolute Gasteiger partial charge is 0.289 e. The molecule has 2 aromatic carbocycles. The number of hydrogen-bond donors (Lipinski definition) is 2. The summed E-state index contributed by atoms with van der Waals surface area (Å²) >= 11 is 5.73. The third-order valence-electron chi connectivity index (χ3n) is 2.65. The molecule has 0 aliphatic rings. The summed E-state index contributed by atoms with van der Waals surface area (Å²) in [7, 11) is 0. The Morgan fingerprint density at radius 2 is 2.00 bits per heavy atom. The van der Waals surface area contributed by atoms with Crippen LogP contribution < -0.4 is 10.6 Å². The van der Waals surface area contributed by atoms with E-state index in [1.54, 1.807) is 6.19 Å². The van der Waals surface area contributed by atoms with E-state index in [2.05, 4.69) is 15.6 Å². The van der Waals surface area contributed by atoms with Crippen molar-refractivity contribution >= 4 is 34.6 Å². The first kappa shape index (κ1) is 16.2. The quantitative estimate of drug-likeness (QED) is 0.223. The Labute approximate surface area is 135 Å². The minimum atomic E-state index is -0.623. The van der Waals surface area contributed by atoms with Gasteiger partial charge in [0.1, 0.15) is 10.8 Å². The number of hydrogen-bond acceptors (Lipinski definition) is 4. The van der Waals surface area contributed by atoms with Crippen LogP contribution in [-0.4, -0.2) is 10.9 Å². The molecule has 2 aromatic rings. The highest BCUT2D eigenvalue weighted by Crippen LogP contribution is 2.27. The summed E-state index contributed by atoms with van der Waals surface area (Å²) in [6.07, 6.45) is 1.69. The van der Waals surface area contributed by atoms with Crippen molar-refractivity contribution in [1.29, 1.82) is 5.26 Å². The number of nitro groups is 1. The van der Waals surface area contributed by atoms with Crippen LogP contribution in [0, 0.1) is 27.4 Å². The van der Waals surface area contributed by atoms with Crippen LogP contribution in [0.2, 0.25) is 5.02 Å². The number of nitriles is 1. The van der Waals surface area contributed by atoms with Crippen LogP contribution in [0.5, 0.6) is 0 Å². The van der Waals surface area contributed by atoms with Gasteiger partial charge in [-0.25, -0.2) is 9.38 Å². The van der Waals surface area contributed by atoms with E-state index in [1.165, 1.54) is 42.5 Å². The van der Waals surface area contributed by atoms with Crippen molar-refractivity contribution in [2.24, 2.45) is 4.99 Å². The normalized spacial score (nSPS) is 10.7. The minimum Gasteiger partial charge on any atom is -0.325 e. The molecule has 0 saturated carbocycles. The van der Waals surface area contributed by atoms with Crippen LogP contribution in [0.3, 0.4) is 0 Å². The van der Waals surface area contributed by atoms with Crippen molar-refractivity contribution in [3.63, 3.8) is 0 Å².